The Balaban J connectivity index is 2.73. The van der Waals surface area contributed by atoms with E-state index in [1.54, 1.807) is 0 Å². The molecule has 0 aromatic heterocycles. The Morgan fingerprint density at radius 3 is 2.87 bits per heavy atom. The second-order valence-corrected chi connectivity index (χ2v) is 3.47. The van der Waals surface area contributed by atoms with Crippen LogP contribution in [0.15, 0.2) is 24.3 Å². The zero-order valence-electron chi connectivity index (χ0n) is 9.07. The molecule has 1 rings (SSSR count). The van der Waals surface area contributed by atoms with Crippen molar-refractivity contribution in [3.8, 4) is 18.1 Å². The van der Waals surface area contributed by atoms with Gasteiger partial charge < -0.3 is 10.5 Å². The number of rotatable bonds is 5. The largest absolute Gasteiger partial charge is 0.481 e. The van der Waals surface area contributed by atoms with Gasteiger partial charge in [-0.2, -0.15) is 0 Å². The molecule has 1 unspecified atom stereocenters. The SMILES string of the molecule is C#CCOc1ccccc1CC(N)CC. The quantitative estimate of drug-likeness (QED) is 0.743. The minimum atomic E-state index is 0.181. The van der Waals surface area contributed by atoms with Crippen molar-refractivity contribution in [1.82, 2.24) is 0 Å². The van der Waals surface area contributed by atoms with Gasteiger partial charge in [0.25, 0.3) is 0 Å². The molecule has 0 spiro atoms. The molecule has 0 saturated carbocycles. The van der Waals surface area contributed by atoms with Gasteiger partial charge >= 0.3 is 0 Å². The van der Waals surface area contributed by atoms with Gasteiger partial charge in [-0.3, -0.25) is 0 Å². The van der Waals surface area contributed by atoms with Gasteiger partial charge in [-0.1, -0.05) is 31.0 Å². The van der Waals surface area contributed by atoms with Crippen LogP contribution in [-0.4, -0.2) is 12.6 Å². The Kier molecular flexibility index (Phi) is 4.73. The lowest BCUT2D eigenvalue weighted by molar-refractivity contribution is 0.365. The summed E-state index contributed by atoms with van der Waals surface area (Å²) in [5.74, 6) is 3.30. The molecule has 0 aliphatic rings. The van der Waals surface area contributed by atoms with E-state index in [2.05, 4.69) is 12.8 Å². The predicted octanol–water partition coefficient (Wildman–Crippen LogP) is 1.98. The van der Waals surface area contributed by atoms with E-state index in [9.17, 15) is 0 Å². The normalized spacial score (nSPS) is 11.8. The minimum absolute atomic E-state index is 0.181. The van der Waals surface area contributed by atoms with Gasteiger partial charge in [-0.15, -0.1) is 6.42 Å². The van der Waals surface area contributed by atoms with E-state index in [0.717, 1.165) is 24.2 Å². The molecule has 0 aliphatic carbocycles. The third-order valence-electron chi connectivity index (χ3n) is 2.29. The van der Waals surface area contributed by atoms with Gasteiger partial charge in [0, 0.05) is 6.04 Å². The van der Waals surface area contributed by atoms with Crippen LogP contribution >= 0.6 is 0 Å². The third-order valence-corrected chi connectivity index (χ3v) is 2.29. The average Bonchev–Trinajstić information content (AvgIpc) is 2.28. The summed E-state index contributed by atoms with van der Waals surface area (Å²) in [5, 5.41) is 0. The number of hydrogen-bond donors (Lipinski definition) is 1. The molecule has 0 radical (unpaired) electrons. The van der Waals surface area contributed by atoms with Crippen LogP contribution in [0.3, 0.4) is 0 Å². The summed E-state index contributed by atoms with van der Waals surface area (Å²) >= 11 is 0. The molecule has 0 saturated heterocycles. The zero-order valence-corrected chi connectivity index (χ0v) is 9.07. The fourth-order valence-corrected chi connectivity index (χ4v) is 1.36. The molecule has 1 aromatic carbocycles. The standard InChI is InChI=1S/C13H17NO/c1-3-9-15-13-8-6-5-7-11(13)10-12(14)4-2/h1,5-8,12H,4,9-10,14H2,2H3. The van der Waals surface area contributed by atoms with Crippen LogP contribution in [0.25, 0.3) is 0 Å². The van der Waals surface area contributed by atoms with Crippen molar-refractivity contribution in [1.29, 1.82) is 0 Å². The average molecular weight is 203 g/mol. The highest BCUT2D eigenvalue weighted by Crippen LogP contribution is 2.19. The van der Waals surface area contributed by atoms with Crippen LogP contribution in [0, 0.1) is 12.3 Å². The van der Waals surface area contributed by atoms with Crippen molar-refractivity contribution in [3.63, 3.8) is 0 Å². The monoisotopic (exact) mass is 203 g/mol. The summed E-state index contributed by atoms with van der Waals surface area (Å²) in [6.45, 7) is 2.38. The first-order valence-corrected chi connectivity index (χ1v) is 5.17. The van der Waals surface area contributed by atoms with Crippen LogP contribution in [0.1, 0.15) is 18.9 Å². The van der Waals surface area contributed by atoms with E-state index < -0.39 is 0 Å². The first-order chi connectivity index (χ1) is 7.27. The maximum Gasteiger partial charge on any atom is 0.148 e. The Hall–Kier alpha value is -1.46. The number of para-hydroxylation sites is 1. The van der Waals surface area contributed by atoms with Gasteiger partial charge in [0.15, 0.2) is 0 Å². The van der Waals surface area contributed by atoms with Gasteiger partial charge in [-0.05, 0) is 24.5 Å². The van der Waals surface area contributed by atoms with E-state index >= 15 is 0 Å². The lowest BCUT2D eigenvalue weighted by Gasteiger charge is -2.12. The van der Waals surface area contributed by atoms with Gasteiger partial charge in [0.05, 0.1) is 0 Å². The number of benzene rings is 1. The molecule has 2 heteroatoms. The van der Waals surface area contributed by atoms with Gasteiger partial charge in [0.1, 0.15) is 12.4 Å². The first-order valence-electron chi connectivity index (χ1n) is 5.17. The molecule has 1 atom stereocenters. The van der Waals surface area contributed by atoms with Crippen molar-refractivity contribution in [3.05, 3.63) is 29.8 Å². The van der Waals surface area contributed by atoms with Gasteiger partial charge in [-0.25, -0.2) is 0 Å². The number of nitrogens with two attached hydrogens (primary N) is 1. The van der Waals surface area contributed by atoms with E-state index in [4.69, 9.17) is 16.9 Å². The Morgan fingerprint density at radius 1 is 1.47 bits per heavy atom. The molecule has 0 amide bonds. The molecule has 80 valence electrons. The molecule has 0 fully saturated rings. The summed E-state index contributed by atoms with van der Waals surface area (Å²) in [7, 11) is 0. The van der Waals surface area contributed by atoms with Crippen LogP contribution in [0.5, 0.6) is 5.75 Å². The topological polar surface area (TPSA) is 35.2 Å². The van der Waals surface area contributed by atoms with Crippen molar-refractivity contribution >= 4 is 0 Å². The maximum atomic E-state index is 5.91. The third kappa shape index (κ3) is 3.65. The summed E-state index contributed by atoms with van der Waals surface area (Å²) in [4.78, 5) is 0. The first kappa shape index (κ1) is 11.6. The van der Waals surface area contributed by atoms with Crippen molar-refractivity contribution in [2.75, 3.05) is 6.61 Å². The van der Waals surface area contributed by atoms with Crippen LogP contribution in [-0.2, 0) is 6.42 Å². The van der Waals surface area contributed by atoms with E-state index in [0.29, 0.717) is 6.61 Å². The van der Waals surface area contributed by atoms with Crippen LogP contribution in [0.2, 0.25) is 0 Å². The van der Waals surface area contributed by atoms with Crippen molar-refractivity contribution in [2.45, 2.75) is 25.8 Å². The second-order valence-electron chi connectivity index (χ2n) is 3.47. The molecule has 2 N–H and O–H groups in total. The fourth-order valence-electron chi connectivity index (χ4n) is 1.36. The minimum Gasteiger partial charge on any atom is -0.481 e. The van der Waals surface area contributed by atoms with E-state index in [1.807, 2.05) is 24.3 Å². The number of ether oxygens (including phenoxy) is 1. The summed E-state index contributed by atoms with van der Waals surface area (Å²) in [5.41, 5.74) is 7.03. The lowest BCUT2D eigenvalue weighted by atomic mass is 10.0. The Morgan fingerprint density at radius 2 is 2.20 bits per heavy atom. The maximum absolute atomic E-state index is 5.91. The lowest BCUT2D eigenvalue weighted by Crippen LogP contribution is -2.21. The molecular weight excluding hydrogens is 186 g/mol. The molecule has 0 heterocycles. The Labute approximate surface area is 91.4 Å². The molecule has 0 bridgehead atoms. The summed E-state index contributed by atoms with van der Waals surface area (Å²) in [6.07, 6.45) is 6.95. The van der Waals surface area contributed by atoms with E-state index in [1.165, 1.54) is 0 Å². The second kappa shape index (κ2) is 6.10. The molecule has 0 aliphatic heterocycles. The molecule has 1 aromatic rings. The van der Waals surface area contributed by atoms with Crippen molar-refractivity contribution in [2.24, 2.45) is 5.73 Å². The molecule has 15 heavy (non-hydrogen) atoms. The summed E-state index contributed by atoms with van der Waals surface area (Å²) in [6, 6.07) is 8.06. The van der Waals surface area contributed by atoms with Crippen LogP contribution < -0.4 is 10.5 Å². The molecular formula is C13H17NO. The fraction of sp³-hybridized carbons (Fsp3) is 0.385. The van der Waals surface area contributed by atoms with Crippen LogP contribution in [0.4, 0.5) is 0 Å². The Bertz CT molecular complexity index is 341. The number of hydrogen-bond acceptors (Lipinski definition) is 2. The van der Waals surface area contributed by atoms with Crippen molar-refractivity contribution < 1.29 is 4.74 Å². The predicted molar refractivity (Wildman–Crippen MR) is 62.7 cm³/mol. The smallest absolute Gasteiger partial charge is 0.148 e. The zero-order chi connectivity index (χ0) is 11.1. The molecule has 2 nitrogen and oxygen atoms in total. The van der Waals surface area contributed by atoms with Gasteiger partial charge in [0.2, 0.25) is 0 Å². The summed E-state index contributed by atoms with van der Waals surface area (Å²) < 4.78 is 5.44. The highest BCUT2D eigenvalue weighted by atomic mass is 16.5. The van der Waals surface area contributed by atoms with E-state index in [-0.39, 0.29) is 6.04 Å². The highest BCUT2D eigenvalue weighted by molar-refractivity contribution is 5.34. The number of terminal acetylenes is 1. The highest BCUT2D eigenvalue weighted by Gasteiger charge is 2.06.